The fourth-order valence-corrected chi connectivity index (χ4v) is 5.58. The van der Waals surface area contributed by atoms with Gasteiger partial charge in [0.2, 0.25) is 0 Å². The second-order valence-electron chi connectivity index (χ2n) is 12.5. The number of nitrogens with one attached hydrogen (secondary N) is 1. The second kappa shape index (κ2) is 35.2. The van der Waals surface area contributed by atoms with Crippen LogP contribution in [-0.4, -0.2) is 178 Å². The maximum Gasteiger partial charge on any atom is 0.407 e. The zero-order chi connectivity index (χ0) is 40.1. The Hall–Kier alpha value is -2.77. The molecule has 2 aromatic carbocycles. The minimum absolute atomic E-state index is 0.0487. The van der Waals surface area contributed by atoms with Crippen LogP contribution in [0.4, 0.5) is 4.79 Å². The van der Waals surface area contributed by atoms with E-state index in [0.29, 0.717) is 178 Å². The first-order valence-electron chi connectivity index (χ1n) is 20.3. The summed E-state index contributed by atoms with van der Waals surface area (Å²) in [5.74, 6) is 0.0487. The van der Waals surface area contributed by atoms with Crippen molar-refractivity contribution in [2.24, 2.45) is 0 Å². The third-order valence-electron chi connectivity index (χ3n) is 8.37. The first-order valence-corrected chi connectivity index (χ1v) is 20.3. The van der Waals surface area contributed by atoms with Crippen LogP contribution < -0.4 is 5.32 Å². The van der Waals surface area contributed by atoms with Crippen LogP contribution in [0.2, 0.25) is 0 Å². The van der Waals surface area contributed by atoms with E-state index in [1.165, 1.54) is 22.3 Å². The number of amides is 1. The van der Waals surface area contributed by atoms with Gasteiger partial charge in [-0.05, 0) is 35.6 Å². The molecule has 0 unspecified atom stereocenters. The molecule has 1 aliphatic carbocycles. The van der Waals surface area contributed by atoms with Crippen molar-refractivity contribution in [3.05, 3.63) is 59.7 Å². The Bertz CT molecular complexity index is 1200. The summed E-state index contributed by atoms with van der Waals surface area (Å²) in [6, 6.07) is 16.6. The molecule has 0 aliphatic heterocycles. The molecule has 1 aliphatic rings. The summed E-state index contributed by atoms with van der Waals surface area (Å²) >= 11 is 0. The average molecular weight is 810 g/mol. The van der Waals surface area contributed by atoms with Crippen molar-refractivity contribution in [2.75, 3.05) is 172 Å². The highest BCUT2D eigenvalue weighted by Gasteiger charge is 2.28. The maximum atomic E-state index is 12.3. The van der Waals surface area contributed by atoms with E-state index in [9.17, 15) is 4.79 Å². The van der Waals surface area contributed by atoms with Crippen molar-refractivity contribution in [1.29, 1.82) is 0 Å². The molecule has 0 fully saturated rings. The number of rotatable bonds is 40. The van der Waals surface area contributed by atoms with Gasteiger partial charge in [-0.15, -0.1) is 0 Å². The molecule has 0 radical (unpaired) electrons. The Labute approximate surface area is 339 Å². The molecule has 0 saturated heterocycles. The van der Waals surface area contributed by atoms with Gasteiger partial charge in [0.25, 0.3) is 0 Å². The molecule has 2 aromatic rings. The normalized spacial score (nSPS) is 12.2. The van der Waals surface area contributed by atoms with Gasteiger partial charge in [0.05, 0.1) is 145 Å². The monoisotopic (exact) mass is 809 g/mol. The third kappa shape index (κ3) is 24.0. The number of hydrogen-bond acceptors (Lipinski definition) is 14. The van der Waals surface area contributed by atoms with Crippen molar-refractivity contribution in [3.63, 3.8) is 0 Å². The number of benzene rings is 2. The zero-order valence-corrected chi connectivity index (χ0v) is 34.0. The molecule has 15 heteroatoms. The Morgan fingerprint density at radius 1 is 0.439 bits per heavy atom. The Balaban J connectivity index is 0.931. The van der Waals surface area contributed by atoms with Crippen LogP contribution >= 0.6 is 0 Å². The number of carbonyl (C=O) groups excluding carboxylic acids is 1. The summed E-state index contributed by atoms with van der Waals surface area (Å²) in [6.07, 6.45) is 0.268. The van der Waals surface area contributed by atoms with E-state index in [1.807, 2.05) is 31.2 Å². The van der Waals surface area contributed by atoms with Gasteiger partial charge in [0.15, 0.2) is 0 Å². The van der Waals surface area contributed by atoms with Crippen LogP contribution in [0.25, 0.3) is 11.1 Å². The molecule has 0 bridgehead atoms. The molecule has 57 heavy (non-hydrogen) atoms. The summed E-state index contributed by atoms with van der Waals surface area (Å²) in [5.41, 5.74) is 4.81. The molecule has 0 aromatic heterocycles. The van der Waals surface area contributed by atoms with Gasteiger partial charge >= 0.3 is 6.09 Å². The number of carbonyl (C=O) groups is 1. The highest BCUT2D eigenvalue weighted by Crippen LogP contribution is 2.44. The van der Waals surface area contributed by atoms with E-state index < -0.39 is 6.09 Å². The second-order valence-corrected chi connectivity index (χ2v) is 12.5. The lowest BCUT2D eigenvalue weighted by molar-refractivity contribution is -0.0282. The Morgan fingerprint density at radius 2 is 0.737 bits per heavy atom. The van der Waals surface area contributed by atoms with Gasteiger partial charge in [-0.3, -0.25) is 0 Å². The van der Waals surface area contributed by atoms with E-state index in [4.69, 9.17) is 61.6 Å². The molecule has 3 rings (SSSR count). The van der Waals surface area contributed by atoms with Crippen molar-refractivity contribution < 1.29 is 66.4 Å². The van der Waals surface area contributed by atoms with E-state index in [1.54, 1.807) is 0 Å². The summed E-state index contributed by atoms with van der Waals surface area (Å²) in [7, 11) is 0. The summed E-state index contributed by atoms with van der Waals surface area (Å²) in [5, 5.41) is 2.81. The molecule has 324 valence electrons. The first-order chi connectivity index (χ1) is 28.3. The Kier molecular flexibility index (Phi) is 30.0. The predicted octanol–water partition coefficient (Wildman–Crippen LogP) is 4.13. The molecule has 1 amide bonds. The minimum Gasteiger partial charge on any atom is -0.449 e. The number of hydrogen-bond donors (Lipinski definition) is 1. The molecule has 15 nitrogen and oxygen atoms in total. The summed E-state index contributed by atoms with van der Waals surface area (Å²) < 4.78 is 71.1. The van der Waals surface area contributed by atoms with Crippen molar-refractivity contribution >= 4 is 6.09 Å². The lowest BCUT2D eigenvalue weighted by atomic mass is 9.98. The highest BCUT2D eigenvalue weighted by atomic mass is 16.6. The van der Waals surface area contributed by atoms with Gasteiger partial charge in [0, 0.05) is 25.7 Å². The summed E-state index contributed by atoms with van der Waals surface area (Å²) in [4.78, 5) is 12.3. The molecule has 0 atom stereocenters. The van der Waals surface area contributed by atoms with E-state index in [2.05, 4.69) is 29.6 Å². The number of fused-ring (bicyclic) bond motifs is 3. The largest absolute Gasteiger partial charge is 0.449 e. The van der Waals surface area contributed by atoms with Crippen LogP contribution in [0.5, 0.6) is 0 Å². The van der Waals surface area contributed by atoms with Gasteiger partial charge in [-0.2, -0.15) is 0 Å². The molecule has 1 N–H and O–H groups in total. The quantitative estimate of drug-likeness (QED) is 0.0962. The fraction of sp³-hybridized carbons (Fsp3) is 0.690. The van der Waals surface area contributed by atoms with E-state index >= 15 is 0 Å². The minimum atomic E-state index is -0.415. The van der Waals surface area contributed by atoms with Crippen LogP contribution in [0.3, 0.4) is 0 Å². The number of alkyl carbamates (subject to hydrolysis) is 1. The molecule has 0 saturated carbocycles. The fourth-order valence-electron chi connectivity index (χ4n) is 5.58. The van der Waals surface area contributed by atoms with Gasteiger partial charge < -0.3 is 66.9 Å². The van der Waals surface area contributed by atoms with Crippen LogP contribution in [0.15, 0.2) is 48.5 Å². The van der Waals surface area contributed by atoms with Crippen molar-refractivity contribution in [1.82, 2.24) is 5.32 Å². The average Bonchev–Trinajstić information content (AvgIpc) is 3.55. The van der Waals surface area contributed by atoms with Crippen LogP contribution in [0, 0.1) is 0 Å². The van der Waals surface area contributed by atoms with Crippen molar-refractivity contribution in [2.45, 2.75) is 19.3 Å². The lowest BCUT2D eigenvalue weighted by Gasteiger charge is -2.14. The topological polar surface area (TPSA) is 149 Å². The van der Waals surface area contributed by atoms with Gasteiger partial charge in [0.1, 0.15) is 6.61 Å². The third-order valence-corrected chi connectivity index (χ3v) is 8.37. The van der Waals surface area contributed by atoms with Crippen LogP contribution in [0.1, 0.15) is 30.4 Å². The maximum absolute atomic E-state index is 12.3. The molecule has 0 spiro atoms. The van der Waals surface area contributed by atoms with E-state index in [-0.39, 0.29) is 5.92 Å². The van der Waals surface area contributed by atoms with E-state index in [0.717, 1.165) is 0 Å². The van der Waals surface area contributed by atoms with Crippen LogP contribution in [-0.2, 0) is 61.6 Å². The number of ether oxygens (including phenoxy) is 13. The van der Waals surface area contributed by atoms with Gasteiger partial charge in [-0.25, -0.2) is 4.79 Å². The molecule has 0 heterocycles. The lowest BCUT2D eigenvalue weighted by Crippen LogP contribution is -2.27. The predicted molar refractivity (Wildman–Crippen MR) is 213 cm³/mol. The SMILES string of the molecule is CCOCCOCCOCCOCCOCCOCCOCCOCCOCCOCCOCCOCCCNC(=O)OCC1c2ccccc2-c2ccccc21. The van der Waals surface area contributed by atoms with Gasteiger partial charge in [-0.1, -0.05) is 48.5 Å². The first kappa shape index (κ1) is 48.6. The zero-order valence-electron chi connectivity index (χ0n) is 34.0. The smallest absolute Gasteiger partial charge is 0.407 e. The standard InChI is InChI=1S/C42H67NO14/c1-2-45-14-15-47-18-19-49-22-23-51-26-27-53-30-31-55-34-35-56-33-32-54-29-28-52-25-24-50-21-20-48-17-16-46-13-7-12-43-42(44)57-36-41-39-10-5-3-8-37(39)38-9-4-6-11-40(38)41/h3-6,8-11,41H,2,7,12-36H2,1H3,(H,43,44). The Morgan fingerprint density at radius 3 is 1.07 bits per heavy atom. The summed E-state index contributed by atoms with van der Waals surface area (Å²) in [6.45, 7) is 15.2. The molecular formula is C42H67NO14. The molecular weight excluding hydrogens is 742 g/mol. The van der Waals surface area contributed by atoms with Crippen molar-refractivity contribution in [3.8, 4) is 11.1 Å². The highest BCUT2D eigenvalue weighted by molar-refractivity contribution is 5.79.